The predicted molar refractivity (Wildman–Crippen MR) is 65.4 cm³/mol. The Morgan fingerprint density at radius 1 is 1.35 bits per heavy atom. The summed E-state index contributed by atoms with van der Waals surface area (Å²) in [6, 6.07) is 0. The normalized spacial score (nSPS) is 35.4. The summed E-state index contributed by atoms with van der Waals surface area (Å²) in [6.45, 7) is 3.99. The largest absolute Gasteiger partial charge is 0.349 e. The number of carbonyl (C=O) groups is 1. The quantitative estimate of drug-likeness (QED) is 0.545. The van der Waals surface area contributed by atoms with Gasteiger partial charge in [-0.2, -0.15) is 0 Å². The van der Waals surface area contributed by atoms with E-state index in [1.54, 1.807) is 20.3 Å². The first-order valence-corrected chi connectivity index (χ1v) is 6.06. The number of hydrogen-bond donors (Lipinski definition) is 0. The molecule has 0 aromatic carbocycles. The van der Waals surface area contributed by atoms with Crippen molar-refractivity contribution in [1.82, 2.24) is 0 Å². The molecule has 0 spiro atoms. The van der Waals surface area contributed by atoms with Crippen LogP contribution in [0, 0.1) is 17.8 Å². The van der Waals surface area contributed by atoms with Gasteiger partial charge in [0.15, 0.2) is 11.6 Å². The molecule has 94 valence electrons. The number of hydrogen-bond acceptors (Lipinski definition) is 3. The van der Waals surface area contributed by atoms with Crippen LogP contribution in [0.25, 0.3) is 0 Å². The maximum Gasteiger partial charge on any atom is 0.194 e. The van der Waals surface area contributed by atoms with Crippen LogP contribution in [0.1, 0.15) is 20.3 Å². The van der Waals surface area contributed by atoms with E-state index in [2.05, 4.69) is 19.1 Å². The van der Waals surface area contributed by atoms with E-state index in [0.29, 0.717) is 0 Å². The summed E-state index contributed by atoms with van der Waals surface area (Å²) >= 11 is 0. The molecule has 0 aromatic rings. The molecule has 0 heterocycles. The molecule has 0 amide bonds. The van der Waals surface area contributed by atoms with Gasteiger partial charge in [-0.05, 0) is 30.9 Å². The molecule has 2 aliphatic rings. The topological polar surface area (TPSA) is 35.5 Å². The van der Waals surface area contributed by atoms with Crippen molar-refractivity contribution >= 4 is 5.78 Å². The van der Waals surface area contributed by atoms with E-state index < -0.39 is 5.79 Å². The Labute approximate surface area is 102 Å². The second-order valence-corrected chi connectivity index (χ2v) is 4.96. The first-order valence-electron chi connectivity index (χ1n) is 6.06. The van der Waals surface area contributed by atoms with Gasteiger partial charge in [0.1, 0.15) is 0 Å². The molecule has 2 aliphatic carbocycles. The van der Waals surface area contributed by atoms with E-state index in [1.165, 1.54) is 0 Å². The first kappa shape index (κ1) is 12.5. The summed E-state index contributed by atoms with van der Waals surface area (Å²) < 4.78 is 11.3. The van der Waals surface area contributed by atoms with E-state index in [1.807, 2.05) is 6.92 Å². The fraction of sp³-hybridized carbons (Fsp3) is 0.643. The number of carbonyl (C=O) groups excluding carboxylic acids is 1. The smallest absolute Gasteiger partial charge is 0.194 e. The third kappa shape index (κ3) is 1.69. The molecule has 0 radical (unpaired) electrons. The third-order valence-electron chi connectivity index (χ3n) is 4.16. The fourth-order valence-electron chi connectivity index (χ4n) is 3.33. The van der Waals surface area contributed by atoms with Crippen LogP contribution in [0.15, 0.2) is 23.8 Å². The summed E-state index contributed by atoms with van der Waals surface area (Å²) in [5.41, 5.74) is 0.872. The predicted octanol–water partition coefficient (Wildman–Crippen LogP) is 2.33. The second kappa shape index (κ2) is 4.39. The SMILES string of the molecule is COC1(OC)C(C)=CC(=O)[C@@H]2[C@H](C)C=CC[C@@H]21. The van der Waals surface area contributed by atoms with Crippen LogP contribution >= 0.6 is 0 Å². The highest BCUT2D eigenvalue weighted by Crippen LogP contribution is 2.46. The Bertz CT molecular complexity index is 377. The minimum Gasteiger partial charge on any atom is -0.349 e. The van der Waals surface area contributed by atoms with Gasteiger partial charge in [-0.15, -0.1) is 0 Å². The van der Waals surface area contributed by atoms with E-state index in [-0.39, 0.29) is 23.5 Å². The van der Waals surface area contributed by atoms with Gasteiger partial charge in [-0.25, -0.2) is 0 Å². The first-order chi connectivity index (χ1) is 8.06. The van der Waals surface area contributed by atoms with Crippen molar-refractivity contribution in [3.05, 3.63) is 23.8 Å². The Balaban J connectivity index is 2.50. The molecule has 2 rings (SSSR count). The molecule has 0 aromatic heterocycles. The van der Waals surface area contributed by atoms with Gasteiger partial charge in [0.2, 0.25) is 0 Å². The van der Waals surface area contributed by atoms with E-state index in [9.17, 15) is 4.79 Å². The average molecular weight is 236 g/mol. The zero-order valence-corrected chi connectivity index (χ0v) is 10.9. The maximum absolute atomic E-state index is 12.1. The van der Waals surface area contributed by atoms with Crippen molar-refractivity contribution in [2.45, 2.75) is 26.1 Å². The van der Waals surface area contributed by atoms with Gasteiger partial charge >= 0.3 is 0 Å². The molecule has 0 fully saturated rings. The van der Waals surface area contributed by atoms with Crippen LogP contribution in [0.3, 0.4) is 0 Å². The molecular weight excluding hydrogens is 216 g/mol. The van der Waals surface area contributed by atoms with Gasteiger partial charge in [0.05, 0.1) is 0 Å². The average Bonchev–Trinajstić information content (AvgIpc) is 2.30. The van der Waals surface area contributed by atoms with Gasteiger partial charge in [0.25, 0.3) is 0 Å². The summed E-state index contributed by atoms with van der Waals surface area (Å²) in [5, 5.41) is 0. The standard InChI is InChI=1S/C14H20O3/c1-9-6-5-7-11-13(9)12(15)8-10(2)14(11,16-3)17-4/h5-6,8-9,11,13H,7H2,1-4H3/t9-,11+,13-/m1/s1. The Kier molecular flexibility index (Phi) is 3.23. The molecule has 3 nitrogen and oxygen atoms in total. The number of fused-ring (bicyclic) bond motifs is 1. The van der Waals surface area contributed by atoms with E-state index >= 15 is 0 Å². The molecule has 3 heteroatoms. The van der Waals surface area contributed by atoms with Crippen molar-refractivity contribution < 1.29 is 14.3 Å². The second-order valence-electron chi connectivity index (χ2n) is 4.96. The van der Waals surface area contributed by atoms with Crippen LogP contribution in [-0.4, -0.2) is 25.8 Å². The van der Waals surface area contributed by atoms with Crippen molar-refractivity contribution in [3.63, 3.8) is 0 Å². The number of allylic oxidation sites excluding steroid dienone is 3. The lowest BCUT2D eigenvalue weighted by atomic mass is 9.65. The summed E-state index contributed by atoms with van der Waals surface area (Å²) in [6.07, 6.45) is 6.76. The van der Waals surface area contributed by atoms with Crippen molar-refractivity contribution in [2.75, 3.05) is 14.2 Å². The van der Waals surface area contributed by atoms with Crippen molar-refractivity contribution in [3.8, 4) is 0 Å². The molecule has 3 atom stereocenters. The monoisotopic (exact) mass is 236 g/mol. The highest BCUT2D eigenvalue weighted by molar-refractivity contribution is 5.94. The Morgan fingerprint density at radius 3 is 2.59 bits per heavy atom. The Morgan fingerprint density at radius 2 is 2.00 bits per heavy atom. The van der Waals surface area contributed by atoms with Crippen molar-refractivity contribution in [2.24, 2.45) is 17.8 Å². The van der Waals surface area contributed by atoms with Crippen LogP contribution in [-0.2, 0) is 14.3 Å². The molecule has 0 saturated heterocycles. The number of ketones is 1. The lowest BCUT2D eigenvalue weighted by molar-refractivity contribution is -0.228. The Hall–Kier alpha value is -0.930. The molecule has 17 heavy (non-hydrogen) atoms. The highest BCUT2D eigenvalue weighted by atomic mass is 16.7. The molecular formula is C14H20O3. The summed E-state index contributed by atoms with van der Waals surface area (Å²) in [5.74, 6) is -0.236. The fourth-order valence-corrected chi connectivity index (χ4v) is 3.33. The number of ether oxygens (including phenoxy) is 2. The zero-order valence-electron chi connectivity index (χ0n) is 10.9. The van der Waals surface area contributed by atoms with E-state index in [4.69, 9.17) is 9.47 Å². The summed E-state index contributed by atoms with van der Waals surface area (Å²) in [7, 11) is 3.30. The van der Waals surface area contributed by atoms with Crippen LogP contribution in [0.2, 0.25) is 0 Å². The maximum atomic E-state index is 12.1. The number of rotatable bonds is 2. The van der Waals surface area contributed by atoms with Crippen molar-refractivity contribution in [1.29, 1.82) is 0 Å². The highest BCUT2D eigenvalue weighted by Gasteiger charge is 2.52. The molecule has 0 N–H and O–H groups in total. The lowest BCUT2D eigenvalue weighted by Gasteiger charge is -2.47. The van der Waals surface area contributed by atoms with Crippen LogP contribution in [0.4, 0.5) is 0 Å². The molecule has 0 unspecified atom stereocenters. The minimum absolute atomic E-state index is 0.0244. The van der Waals surface area contributed by atoms with Crippen LogP contribution in [0.5, 0.6) is 0 Å². The molecule has 0 bridgehead atoms. The third-order valence-corrected chi connectivity index (χ3v) is 4.16. The minimum atomic E-state index is -0.738. The van der Waals surface area contributed by atoms with Gasteiger partial charge < -0.3 is 9.47 Å². The van der Waals surface area contributed by atoms with Gasteiger partial charge in [-0.3, -0.25) is 4.79 Å². The van der Waals surface area contributed by atoms with Crippen LogP contribution < -0.4 is 0 Å². The van der Waals surface area contributed by atoms with Gasteiger partial charge in [-0.1, -0.05) is 19.1 Å². The molecule has 0 saturated carbocycles. The lowest BCUT2D eigenvalue weighted by Crippen LogP contribution is -2.53. The zero-order chi connectivity index (χ0) is 12.6. The molecule has 0 aliphatic heterocycles. The van der Waals surface area contributed by atoms with E-state index in [0.717, 1.165) is 12.0 Å². The summed E-state index contributed by atoms with van der Waals surface area (Å²) in [4.78, 5) is 12.1. The van der Waals surface area contributed by atoms with Gasteiger partial charge in [0, 0.05) is 26.1 Å². The number of methoxy groups -OCH3 is 2.